The number of aromatic nitrogens is 1. The van der Waals surface area contributed by atoms with E-state index in [1.807, 2.05) is 51.1 Å². The van der Waals surface area contributed by atoms with Crippen molar-refractivity contribution in [2.24, 2.45) is 0 Å². The van der Waals surface area contributed by atoms with Crippen molar-refractivity contribution in [3.63, 3.8) is 0 Å². The standard InChI is InChI=1S/C26H26FNO3/c1-26(2,3)31-20-10-8-17(9-11-20)18-6-7-19(21(27)15-18)16-25(30)23-12-13-24(29)22-5-4-14-28(22)23/h4-11,14-15,23H,12-13,16H2,1-3H3. The third-order valence-electron chi connectivity index (χ3n) is 5.45. The van der Waals surface area contributed by atoms with E-state index in [2.05, 4.69) is 0 Å². The molecule has 2 heterocycles. The summed E-state index contributed by atoms with van der Waals surface area (Å²) in [5.41, 5.74) is 2.26. The zero-order valence-corrected chi connectivity index (χ0v) is 18.0. The Bertz CT molecular complexity index is 1120. The van der Waals surface area contributed by atoms with Gasteiger partial charge in [-0.2, -0.15) is 0 Å². The molecular formula is C26H26FNO3. The molecule has 1 aliphatic rings. The Morgan fingerprint density at radius 1 is 1.10 bits per heavy atom. The zero-order valence-electron chi connectivity index (χ0n) is 18.0. The molecule has 2 aromatic carbocycles. The predicted molar refractivity (Wildman–Crippen MR) is 118 cm³/mol. The summed E-state index contributed by atoms with van der Waals surface area (Å²) in [6.45, 7) is 5.95. The molecule has 1 aromatic heterocycles. The fourth-order valence-corrected chi connectivity index (χ4v) is 4.00. The number of ketones is 2. The third kappa shape index (κ3) is 4.61. The van der Waals surface area contributed by atoms with Gasteiger partial charge in [0, 0.05) is 19.0 Å². The number of nitrogens with zero attached hydrogens (tertiary/aromatic N) is 1. The molecular weight excluding hydrogens is 393 g/mol. The molecule has 0 saturated heterocycles. The average Bonchev–Trinajstić information content (AvgIpc) is 3.20. The Morgan fingerprint density at radius 2 is 1.81 bits per heavy atom. The van der Waals surface area contributed by atoms with E-state index in [1.54, 1.807) is 29.0 Å². The number of halogens is 1. The van der Waals surface area contributed by atoms with E-state index in [-0.39, 0.29) is 23.6 Å². The Hall–Kier alpha value is -3.21. The molecule has 1 atom stereocenters. The summed E-state index contributed by atoms with van der Waals surface area (Å²) in [4.78, 5) is 24.9. The minimum atomic E-state index is -0.419. The van der Waals surface area contributed by atoms with Crippen molar-refractivity contribution in [3.05, 3.63) is 77.9 Å². The Kier molecular flexibility index (Phi) is 5.52. The lowest BCUT2D eigenvalue weighted by atomic mass is 9.94. The molecule has 1 aliphatic heterocycles. The van der Waals surface area contributed by atoms with Gasteiger partial charge in [0.1, 0.15) is 17.2 Å². The molecule has 0 fully saturated rings. The number of hydrogen-bond acceptors (Lipinski definition) is 3. The molecule has 160 valence electrons. The monoisotopic (exact) mass is 419 g/mol. The second kappa shape index (κ2) is 8.14. The van der Waals surface area contributed by atoms with Crippen LogP contribution in [0.1, 0.15) is 55.7 Å². The number of ether oxygens (including phenoxy) is 1. The van der Waals surface area contributed by atoms with Crippen molar-refractivity contribution in [1.29, 1.82) is 0 Å². The second-order valence-corrected chi connectivity index (χ2v) is 8.97. The predicted octanol–water partition coefficient (Wildman–Crippen LogP) is 5.80. The minimum absolute atomic E-state index is 0.000943. The van der Waals surface area contributed by atoms with Crippen molar-refractivity contribution < 1.29 is 18.7 Å². The first-order valence-electron chi connectivity index (χ1n) is 10.5. The van der Waals surface area contributed by atoms with Gasteiger partial charge in [-0.15, -0.1) is 0 Å². The van der Waals surface area contributed by atoms with E-state index < -0.39 is 11.9 Å². The second-order valence-electron chi connectivity index (χ2n) is 8.97. The molecule has 1 unspecified atom stereocenters. The van der Waals surface area contributed by atoms with E-state index in [9.17, 15) is 14.0 Å². The van der Waals surface area contributed by atoms with Crippen LogP contribution in [0.4, 0.5) is 4.39 Å². The highest BCUT2D eigenvalue weighted by molar-refractivity contribution is 5.97. The highest BCUT2D eigenvalue weighted by atomic mass is 19.1. The van der Waals surface area contributed by atoms with Crippen LogP contribution in [0.15, 0.2) is 60.8 Å². The molecule has 3 aromatic rings. The topological polar surface area (TPSA) is 48.3 Å². The first kappa shape index (κ1) is 21.0. The number of fused-ring (bicyclic) bond motifs is 1. The third-order valence-corrected chi connectivity index (χ3v) is 5.45. The molecule has 0 spiro atoms. The van der Waals surface area contributed by atoms with Gasteiger partial charge in [0.25, 0.3) is 0 Å². The van der Waals surface area contributed by atoms with Crippen LogP contribution in [0.2, 0.25) is 0 Å². The van der Waals surface area contributed by atoms with E-state index in [1.165, 1.54) is 6.07 Å². The summed E-state index contributed by atoms with van der Waals surface area (Å²) in [5, 5.41) is 0. The van der Waals surface area contributed by atoms with Gasteiger partial charge in [-0.25, -0.2) is 4.39 Å². The van der Waals surface area contributed by atoms with Crippen LogP contribution in [0.3, 0.4) is 0 Å². The van der Waals surface area contributed by atoms with E-state index >= 15 is 0 Å². The number of carbonyl (C=O) groups excluding carboxylic acids is 2. The summed E-state index contributed by atoms with van der Waals surface area (Å²) in [5.74, 6) is 0.318. The van der Waals surface area contributed by atoms with Crippen LogP contribution in [0, 0.1) is 5.82 Å². The van der Waals surface area contributed by atoms with Crippen LogP contribution in [0.25, 0.3) is 11.1 Å². The number of carbonyl (C=O) groups is 2. The van der Waals surface area contributed by atoms with Gasteiger partial charge in [-0.05, 0) is 74.2 Å². The lowest BCUT2D eigenvalue weighted by Gasteiger charge is -2.24. The van der Waals surface area contributed by atoms with E-state index in [4.69, 9.17) is 4.74 Å². The van der Waals surface area contributed by atoms with Gasteiger partial charge in [-0.1, -0.05) is 24.3 Å². The summed E-state index contributed by atoms with van der Waals surface area (Å²) in [7, 11) is 0. The fraction of sp³-hybridized carbons (Fsp3) is 0.308. The minimum Gasteiger partial charge on any atom is -0.488 e. The highest BCUT2D eigenvalue weighted by Gasteiger charge is 2.29. The molecule has 0 radical (unpaired) electrons. The van der Waals surface area contributed by atoms with Gasteiger partial charge in [0.05, 0.1) is 11.7 Å². The number of Topliss-reactive ketones (excluding diaryl/α,β-unsaturated/α-hetero) is 2. The van der Waals surface area contributed by atoms with Crippen LogP contribution >= 0.6 is 0 Å². The Morgan fingerprint density at radius 3 is 2.48 bits per heavy atom. The van der Waals surface area contributed by atoms with Crippen molar-refractivity contribution in [3.8, 4) is 16.9 Å². The van der Waals surface area contributed by atoms with E-state index in [0.29, 0.717) is 24.1 Å². The summed E-state index contributed by atoms with van der Waals surface area (Å²) in [6, 6.07) is 15.6. The van der Waals surface area contributed by atoms with Crippen LogP contribution < -0.4 is 4.74 Å². The van der Waals surface area contributed by atoms with Crippen LogP contribution in [0.5, 0.6) is 5.75 Å². The molecule has 0 bridgehead atoms. The average molecular weight is 419 g/mol. The first-order valence-corrected chi connectivity index (χ1v) is 10.5. The maximum absolute atomic E-state index is 14.8. The highest BCUT2D eigenvalue weighted by Crippen LogP contribution is 2.29. The number of hydrogen-bond donors (Lipinski definition) is 0. The van der Waals surface area contributed by atoms with Gasteiger partial charge in [0.2, 0.25) is 0 Å². The maximum Gasteiger partial charge on any atom is 0.179 e. The first-order chi connectivity index (χ1) is 14.7. The Balaban J connectivity index is 1.49. The van der Waals surface area contributed by atoms with Gasteiger partial charge in [-0.3, -0.25) is 9.59 Å². The largest absolute Gasteiger partial charge is 0.488 e. The number of benzene rings is 2. The van der Waals surface area contributed by atoms with Crippen molar-refractivity contribution in [1.82, 2.24) is 4.57 Å². The van der Waals surface area contributed by atoms with E-state index in [0.717, 1.165) is 16.9 Å². The van der Waals surface area contributed by atoms with Gasteiger partial charge < -0.3 is 9.30 Å². The molecule has 5 heteroatoms. The normalized spacial score (nSPS) is 16.1. The van der Waals surface area contributed by atoms with Crippen molar-refractivity contribution in [2.45, 2.75) is 51.7 Å². The zero-order chi connectivity index (χ0) is 22.2. The Labute approximate surface area is 181 Å². The molecule has 0 saturated carbocycles. The summed E-state index contributed by atoms with van der Waals surface area (Å²) >= 11 is 0. The van der Waals surface area contributed by atoms with Crippen LogP contribution in [-0.4, -0.2) is 21.7 Å². The number of rotatable bonds is 5. The van der Waals surface area contributed by atoms with Crippen molar-refractivity contribution in [2.75, 3.05) is 0 Å². The summed E-state index contributed by atoms with van der Waals surface area (Å²) < 4.78 is 22.4. The molecule has 31 heavy (non-hydrogen) atoms. The lowest BCUT2D eigenvalue weighted by molar-refractivity contribution is -0.121. The summed E-state index contributed by atoms with van der Waals surface area (Å²) in [6.07, 6.45) is 2.56. The molecule has 4 rings (SSSR count). The van der Waals surface area contributed by atoms with Crippen molar-refractivity contribution >= 4 is 11.6 Å². The fourth-order valence-electron chi connectivity index (χ4n) is 4.00. The smallest absolute Gasteiger partial charge is 0.179 e. The molecule has 0 N–H and O–H groups in total. The molecule has 0 aliphatic carbocycles. The van der Waals surface area contributed by atoms with Crippen LogP contribution in [-0.2, 0) is 11.2 Å². The maximum atomic E-state index is 14.8. The SMILES string of the molecule is CC(C)(C)Oc1ccc(-c2ccc(CC(=O)C3CCC(=O)c4cccn43)c(F)c2)cc1. The molecule has 0 amide bonds. The quantitative estimate of drug-likeness (QED) is 0.525. The van der Waals surface area contributed by atoms with Gasteiger partial charge >= 0.3 is 0 Å². The molecule has 4 nitrogen and oxygen atoms in total. The lowest BCUT2D eigenvalue weighted by Crippen LogP contribution is -2.28. The van der Waals surface area contributed by atoms with Gasteiger partial charge in [0.15, 0.2) is 11.6 Å².